The molecule has 0 atom stereocenters. The molecular formula is C27H27N3O5. The Hall–Kier alpha value is -4.51. The average Bonchev–Trinajstić information content (AvgIpc) is 3.21. The molecule has 0 aliphatic carbocycles. The third kappa shape index (κ3) is 6.30. The Kier molecular flexibility index (Phi) is 8.30. The molecule has 0 aliphatic heterocycles. The molecule has 8 heteroatoms. The molecule has 8 nitrogen and oxygen atoms in total. The van der Waals surface area contributed by atoms with Crippen LogP contribution in [0.25, 0.3) is 6.08 Å². The highest BCUT2D eigenvalue weighted by Gasteiger charge is 2.17. The molecular weight excluding hydrogens is 446 g/mol. The summed E-state index contributed by atoms with van der Waals surface area (Å²) in [6, 6.07) is 12.2. The number of carbonyl (C=O) groups is 2. The predicted octanol–water partition coefficient (Wildman–Crippen LogP) is 3.65. The van der Waals surface area contributed by atoms with Gasteiger partial charge in [-0.2, -0.15) is 0 Å². The van der Waals surface area contributed by atoms with Crippen molar-refractivity contribution in [1.29, 1.82) is 0 Å². The normalized spacial score (nSPS) is 10.6. The summed E-state index contributed by atoms with van der Waals surface area (Å²) in [4.78, 5) is 26.4. The molecule has 1 N–H and O–H groups in total. The van der Waals surface area contributed by atoms with Crippen molar-refractivity contribution in [3.63, 3.8) is 0 Å². The third-order valence-electron chi connectivity index (χ3n) is 5.33. The highest BCUT2D eigenvalue weighted by atomic mass is 16.5. The van der Waals surface area contributed by atoms with Gasteiger partial charge in [0.1, 0.15) is 18.9 Å². The van der Waals surface area contributed by atoms with Gasteiger partial charge >= 0.3 is 0 Å². The number of likely N-dealkylation sites (N-methyl/N-ethyl adjacent to an activating group) is 1. The average molecular weight is 474 g/mol. The maximum atomic E-state index is 13.0. The minimum absolute atomic E-state index is 0.147. The molecule has 3 rings (SSSR count). The van der Waals surface area contributed by atoms with Crippen molar-refractivity contribution in [2.75, 3.05) is 25.6 Å². The van der Waals surface area contributed by atoms with Crippen LogP contribution in [0.3, 0.4) is 0 Å². The van der Waals surface area contributed by atoms with Crippen molar-refractivity contribution < 1.29 is 23.6 Å². The van der Waals surface area contributed by atoms with Crippen molar-refractivity contribution in [2.24, 2.45) is 0 Å². The number of hydrogen-bond donors (Lipinski definition) is 1. The Morgan fingerprint density at radius 3 is 2.66 bits per heavy atom. The number of amides is 2. The number of hydrogen-bond acceptors (Lipinski definition) is 6. The predicted molar refractivity (Wildman–Crippen MR) is 133 cm³/mol. The largest absolute Gasteiger partial charge is 0.493 e. The Bertz CT molecular complexity index is 1270. The van der Waals surface area contributed by atoms with Gasteiger partial charge in [-0.1, -0.05) is 23.2 Å². The summed E-state index contributed by atoms with van der Waals surface area (Å²) in [5, 5.41) is 6.46. The first-order valence-electron chi connectivity index (χ1n) is 10.9. The third-order valence-corrected chi connectivity index (χ3v) is 5.33. The van der Waals surface area contributed by atoms with E-state index in [0.29, 0.717) is 28.5 Å². The van der Waals surface area contributed by atoms with Crippen LogP contribution in [0.5, 0.6) is 11.5 Å². The molecule has 3 aromatic rings. The van der Waals surface area contributed by atoms with Crippen LogP contribution in [0, 0.1) is 26.2 Å². The van der Waals surface area contributed by atoms with Gasteiger partial charge in [-0.15, -0.1) is 6.42 Å². The van der Waals surface area contributed by atoms with Crippen LogP contribution in [-0.2, 0) is 16.2 Å². The number of ether oxygens (including phenoxy) is 2. The summed E-state index contributed by atoms with van der Waals surface area (Å²) in [6.07, 6.45) is 8.52. The number of aromatic nitrogens is 1. The molecule has 1 aromatic heterocycles. The maximum Gasteiger partial charge on any atom is 0.251 e. The number of rotatable bonds is 9. The van der Waals surface area contributed by atoms with Crippen LogP contribution in [0.4, 0.5) is 5.69 Å². The Labute approximate surface area is 204 Å². The first kappa shape index (κ1) is 25.1. The molecule has 180 valence electrons. The standard InChI is InChI=1S/C27H27N3O5/c1-6-20-8-7-9-22(14-20)30(16-26(31)28-4)27(32)13-11-21-10-12-24(25(15-21)33-5)34-17-23-18(2)29-35-19(23)3/h1,7-15H,16-17H2,2-5H3,(H,28,31)/b13-11+. The van der Waals surface area contributed by atoms with E-state index in [0.717, 1.165) is 16.8 Å². The lowest BCUT2D eigenvalue weighted by molar-refractivity contribution is -0.121. The summed E-state index contributed by atoms with van der Waals surface area (Å²) in [7, 11) is 3.06. The number of nitrogens with one attached hydrogen (secondary N) is 1. The summed E-state index contributed by atoms with van der Waals surface area (Å²) < 4.78 is 16.5. The summed E-state index contributed by atoms with van der Waals surface area (Å²) in [5.41, 5.74) is 3.51. The molecule has 0 saturated heterocycles. The molecule has 0 saturated carbocycles. The van der Waals surface area contributed by atoms with Crippen molar-refractivity contribution >= 4 is 23.6 Å². The second-order valence-corrected chi connectivity index (χ2v) is 7.63. The Morgan fingerprint density at radius 1 is 1.20 bits per heavy atom. The van der Waals surface area contributed by atoms with Crippen LogP contribution in [0.15, 0.2) is 53.1 Å². The first-order chi connectivity index (χ1) is 16.9. The van der Waals surface area contributed by atoms with E-state index in [1.165, 1.54) is 18.0 Å². The number of methoxy groups -OCH3 is 1. The number of aryl methyl sites for hydroxylation is 2. The molecule has 1 heterocycles. The lowest BCUT2D eigenvalue weighted by atomic mass is 10.1. The fourth-order valence-corrected chi connectivity index (χ4v) is 3.31. The fraction of sp³-hybridized carbons (Fsp3) is 0.222. The van der Waals surface area contributed by atoms with Gasteiger partial charge in [0.25, 0.3) is 5.91 Å². The van der Waals surface area contributed by atoms with Gasteiger partial charge in [-0.05, 0) is 55.8 Å². The molecule has 2 amide bonds. The SMILES string of the molecule is C#Cc1cccc(N(CC(=O)NC)C(=O)/C=C/c2ccc(OCc3c(C)noc3C)c(OC)c2)c1. The van der Waals surface area contributed by atoms with E-state index >= 15 is 0 Å². The smallest absolute Gasteiger partial charge is 0.251 e. The van der Waals surface area contributed by atoms with E-state index in [1.54, 1.807) is 55.7 Å². The van der Waals surface area contributed by atoms with Crippen molar-refractivity contribution in [3.8, 4) is 23.8 Å². The molecule has 0 unspecified atom stereocenters. The van der Waals surface area contributed by atoms with E-state index in [9.17, 15) is 9.59 Å². The quantitative estimate of drug-likeness (QED) is 0.377. The fourth-order valence-electron chi connectivity index (χ4n) is 3.31. The van der Waals surface area contributed by atoms with Crippen LogP contribution < -0.4 is 19.7 Å². The van der Waals surface area contributed by atoms with E-state index < -0.39 is 0 Å². The van der Waals surface area contributed by atoms with Crippen LogP contribution in [-0.4, -0.2) is 37.7 Å². The van der Waals surface area contributed by atoms with E-state index in [2.05, 4.69) is 16.4 Å². The summed E-state index contributed by atoms with van der Waals surface area (Å²) >= 11 is 0. The van der Waals surface area contributed by atoms with Crippen LogP contribution in [0.1, 0.15) is 28.1 Å². The molecule has 0 aliphatic rings. The van der Waals surface area contributed by atoms with Gasteiger partial charge in [0, 0.05) is 24.4 Å². The minimum atomic E-state index is -0.375. The monoisotopic (exact) mass is 473 g/mol. The zero-order valence-corrected chi connectivity index (χ0v) is 20.1. The molecule has 0 spiro atoms. The molecule has 0 fully saturated rings. The highest BCUT2D eigenvalue weighted by molar-refractivity contribution is 6.06. The van der Waals surface area contributed by atoms with Crippen molar-refractivity contribution in [1.82, 2.24) is 10.5 Å². The highest BCUT2D eigenvalue weighted by Crippen LogP contribution is 2.30. The minimum Gasteiger partial charge on any atom is -0.493 e. The van der Waals surface area contributed by atoms with E-state index in [-0.39, 0.29) is 25.0 Å². The molecule has 2 aromatic carbocycles. The molecule has 35 heavy (non-hydrogen) atoms. The van der Waals surface area contributed by atoms with Gasteiger partial charge in [0.2, 0.25) is 5.91 Å². The Morgan fingerprint density at radius 2 is 2.00 bits per heavy atom. The van der Waals surface area contributed by atoms with E-state index in [1.807, 2.05) is 13.8 Å². The van der Waals surface area contributed by atoms with E-state index in [4.69, 9.17) is 20.4 Å². The zero-order valence-electron chi connectivity index (χ0n) is 20.1. The Balaban J connectivity index is 1.78. The lowest BCUT2D eigenvalue weighted by Crippen LogP contribution is -2.39. The van der Waals surface area contributed by atoms with Crippen molar-refractivity contribution in [3.05, 3.63) is 76.7 Å². The number of terminal acetylenes is 1. The van der Waals surface area contributed by atoms with Crippen LogP contribution in [0.2, 0.25) is 0 Å². The summed E-state index contributed by atoms with van der Waals surface area (Å²) in [5.74, 6) is 3.61. The second-order valence-electron chi connectivity index (χ2n) is 7.63. The lowest BCUT2D eigenvalue weighted by Gasteiger charge is -2.20. The van der Waals surface area contributed by atoms with Crippen molar-refractivity contribution in [2.45, 2.75) is 20.5 Å². The first-order valence-corrected chi connectivity index (χ1v) is 10.9. The summed E-state index contributed by atoms with van der Waals surface area (Å²) in [6.45, 7) is 3.83. The van der Waals surface area contributed by atoms with Crippen LogP contribution >= 0.6 is 0 Å². The van der Waals surface area contributed by atoms with Gasteiger partial charge < -0.3 is 19.3 Å². The van der Waals surface area contributed by atoms with Gasteiger partial charge in [0.05, 0.1) is 18.4 Å². The van der Waals surface area contributed by atoms with Gasteiger partial charge in [-0.3, -0.25) is 14.5 Å². The van der Waals surface area contributed by atoms with Gasteiger partial charge in [-0.25, -0.2) is 0 Å². The maximum absolute atomic E-state index is 13.0. The topological polar surface area (TPSA) is 93.9 Å². The molecule has 0 bridgehead atoms. The number of carbonyl (C=O) groups excluding carboxylic acids is 2. The number of nitrogens with zero attached hydrogens (tertiary/aromatic N) is 2. The molecule has 0 radical (unpaired) electrons. The number of anilines is 1. The zero-order chi connectivity index (χ0) is 25.4. The number of benzene rings is 2. The second kappa shape index (κ2) is 11.6. The van der Waals surface area contributed by atoms with Gasteiger partial charge in [0.15, 0.2) is 11.5 Å².